The van der Waals surface area contributed by atoms with Gasteiger partial charge in [-0.1, -0.05) is 22.0 Å². The van der Waals surface area contributed by atoms with Crippen LogP contribution in [0.5, 0.6) is 0 Å². The number of morpholine rings is 1. The molecule has 2 aliphatic rings. The number of hydrogen-bond acceptors (Lipinski definition) is 4. The lowest BCUT2D eigenvalue weighted by Crippen LogP contribution is -2.38. The first-order valence-electron chi connectivity index (χ1n) is 6.44. The molecule has 0 atom stereocenters. The average molecular weight is 371 g/mol. The average Bonchev–Trinajstić information content (AvgIpc) is 2.84. The Kier molecular flexibility index (Phi) is 4.42. The molecule has 0 unspecified atom stereocenters. The molecule has 4 nitrogen and oxygen atoms in total. The SMILES string of the molecule is O=C1N=C(N2CCOCC2)SC1=Cc1ccc(Br)cc1F. The Labute approximate surface area is 134 Å². The molecule has 1 amide bonds. The van der Waals surface area contributed by atoms with Crippen LogP contribution in [0.2, 0.25) is 0 Å². The number of carbonyl (C=O) groups excluding carboxylic acids is 1. The summed E-state index contributed by atoms with van der Waals surface area (Å²) >= 11 is 4.50. The molecule has 2 heterocycles. The fourth-order valence-electron chi connectivity index (χ4n) is 2.05. The Hall–Kier alpha value is -1.18. The highest BCUT2D eigenvalue weighted by Crippen LogP contribution is 2.31. The van der Waals surface area contributed by atoms with Crippen LogP contribution >= 0.6 is 27.7 Å². The Bertz CT molecular complexity index is 642. The molecular formula is C14H12BrFN2O2S. The summed E-state index contributed by atoms with van der Waals surface area (Å²) < 4.78 is 19.8. The number of ether oxygens (including phenoxy) is 1. The molecule has 21 heavy (non-hydrogen) atoms. The molecule has 110 valence electrons. The molecule has 1 saturated heterocycles. The molecule has 3 rings (SSSR count). The molecule has 0 N–H and O–H groups in total. The molecule has 7 heteroatoms. The zero-order chi connectivity index (χ0) is 14.8. The second kappa shape index (κ2) is 6.29. The van der Waals surface area contributed by atoms with Crippen LogP contribution in [0.4, 0.5) is 4.39 Å². The quantitative estimate of drug-likeness (QED) is 0.712. The number of carbonyl (C=O) groups is 1. The number of hydrogen-bond donors (Lipinski definition) is 0. The fraction of sp³-hybridized carbons (Fsp3) is 0.286. The summed E-state index contributed by atoms with van der Waals surface area (Å²) in [6.07, 6.45) is 1.55. The summed E-state index contributed by atoms with van der Waals surface area (Å²) in [4.78, 5) is 18.5. The number of thioether (sulfide) groups is 1. The maximum atomic E-state index is 13.8. The molecule has 0 aromatic heterocycles. The van der Waals surface area contributed by atoms with E-state index in [2.05, 4.69) is 20.9 Å². The van der Waals surface area contributed by atoms with Crippen LogP contribution < -0.4 is 0 Å². The summed E-state index contributed by atoms with van der Waals surface area (Å²) in [6.45, 7) is 2.71. The first kappa shape index (κ1) is 14.7. The number of rotatable bonds is 1. The lowest BCUT2D eigenvalue weighted by atomic mass is 10.2. The lowest BCUT2D eigenvalue weighted by molar-refractivity contribution is -0.113. The van der Waals surface area contributed by atoms with E-state index in [1.54, 1.807) is 18.2 Å². The van der Waals surface area contributed by atoms with Crippen molar-refractivity contribution in [2.75, 3.05) is 26.3 Å². The van der Waals surface area contributed by atoms with Crippen molar-refractivity contribution in [3.05, 3.63) is 39.0 Å². The molecule has 1 fully saturated rings. The van der Waals surface area contributed by atoms with Crippen molar-refractivity contribution in [1.82, 2.24) is 4.90 Å². The molecular weight excluding hydrogens is 359 g/mol. The standard InChI is InChI=1S/C14H12BrFN2O2S/c15-10-2-1-9(11(16)8-10)7-12-13(19)17-14(21-12)18-3-5-20-6-4-18/h1-2,7-8H,3-6H2. The van der Waals surface area contributed by atoms with Crippen LogP contribution in [0.15, 0.2) is 32.6 Å². The van der Waals surface area contributed by atoms with E-state index in [0.717, 1.165) is 13.1 Å². The number of halogens is 2. The summed E-state index contributed by atoms with van der Waals surface area (Å²) in [5, 5.41) is 0.673. The minimum absolute atomic E-state index is 0.316. The smallest absolute Gasteiger partial charge is 0.286 e. The Morgan fingerprint density at radius 1 is 1.38 bits per heavy atom. The summed E-state index contributed by atoms with van der Waals surface area (Å²) in [5.41, 5.74) is 0.382. The predicted molar refractivity (Wildman–Crippen MR) is 84.5 cm³/mol. The normalized spacial score (nSPS) is 21.0. The second-order valence-corrected chi connectivity index (χ2v) is 6.50. The molecule has 2 aliphatic heterocycles. The third-order valence-electron chi connectivity index (χ3n) is 3.14. The van der Waals surface area contributed by atoms with E-state index in [1.165, 1.54) is 17.8 Å². The van der Waals surface area contributed by atoms with E-state index >= 15 is 0 Å². The van der Waals surface area contributed by atoms with E-state index < -0.39 is 0 Å². The Morgan fingerprint density at radius 2 is 2.14 bits per heavy atom. The number of benzene rings is 1. The van der Waals surface area contributed by atoms with Crippen molar-refractivity contribution in [3.63, 3.8) is 0 Å². The highest BCUT2D eigenvalue weighted by Gasteiger charge is 2.27. The number of amidine groups is 1. The van der Waals surface area contributed by atoms with Crippen LogP contribution in [0.1, 0.15) is 5.56 Å². The first-order valence-corrected chi connectivity index (χ1v) is 8.05. The van der Waals surface area contributed by atoms with Gasteiger partial charge in [0, 0.05) is 23.1 Å². The van der Waals surface area contributed by atoms with E-state index in [0.29, 0.717) is 33.3 Å². The van der Waals surface area contributed by atoms with E-state index in [9.17, 15) is 9.18 Å². The summed E-state index contributed by atoms with van der Waals surface area (Å²) in [7, 11) is 0. The second-order valence-electron chi connectivity index (χ2n) is 4.58. The number of aliphatic imine (C=N–C) groups is 1. The molecule has 0 radical (unpaired) electrons. The van der Waals surface area contributed by atoms with Crippen LogP contribution in [0.3, 0.4) is 0 Å². The van der Waals surface area contributed by atoms with Gasteiger partial charge >= 0.3 is 0 Å². The molecule has 0 aliphatic carbocycles. The lowest BCUT2D eigenvalue weighted by Gasteiger charge is -2.27. The zero-order valence-corrected chi connectivity index (χ0v) is 13.4. The molecule has 1 aromatic rings. The van der Waals surface area contributed by atoms with Crippen molar-refractivity contribution in [2.24, 2.45) is 4.99 Å². The highest BCUT2D eigenvalue weighted by molar-refractivity contribution is 9.10. The third kappa shape index (κ3) is 3.36. The van der Waals surface area contributed by atoms with Crippen molar-refractivity contribution < 1.29 is 13.9 Å². The van der Waals surface area contributed by atoms with Gasteiger partial charge in [-0.25, -0.2) is 4.39 Å². The highest BCUT2D eigenvalue weighted by atomic mass is 79.9. The van der Waals surface area contributed by atoms with Crippen molar-refractivity contribution in [1.29, 1.82) is 0 Å². The van der Waals surface area contributed by atoms with Gasteiger partial charge in [-0.05, 0) is 30.0 Å². The van der Waals surface area contributed by atoms with E-state index in [-0.39, 0.29) is 11.7 Å². The maximum Gasteiger partial charge on any atom is 0.286 e. The van der Waals surface area contributed by atoms with Gasteiger partial charge in [0.2, 0.25) is 0 Å². The molecule has 0 spiro atoms. The van der Waals surface area contributed by atoms with Crippen LogP contribution in [0.25, 0.3) is 6.08 Å². The maximum absolute atomic E-state index is 13.8. The van der Waals surface area contributed by atoms with E-state index in [1.807, 2.05) is 4.90 Å². The van der Waals surface area contributed by atoms with Gasteiger partial charge in [0.15, 0.2) is 5.17 Å². The van der Waals surface area contributed by atoms with Gasteiger partial charge in [0.05, 0.1) is 18.1 Å². The fourth-order valence-corrected chi connectivity index (χ4v) is 3.34. The first-order chi connectivity index (χ1) is 10.1. The van der Waals surface area contributed by atoms with Crippen molar-refractivity contribution in [3.8, 4) is 0 Å². The monoisotopic (exact) mass is 370 g/mol. The minimum atomic E-state index is -0.370. The summed E-state index contributed by atoms with van der Waals surface area (Å²) in [6, 6.07) is 4.75. The Balaban J connectivity index is 1.79. The number of amides is 1. The minimum Gasteiger partial charge on any atom is -0.378 e. The predicted octanol–water partition coefficient (Wildman–Crippen LogP) is 2.89. The molecule has 1 aromatic carbocycles. The summed E-state index contributed by atoms with van der Waals surface area (Å²) in [5.74, 6) is -0.686. The van der Waals surface area contributed by atoms with Crippen LogP contribution in [0, 0.1) is 5.82 Å². The van der Waals surface area contributed by atoms with Gasteiger partial charge in [-0.3, -0.25) is 4.79 Å². The van der Waals surface area contributed by atoms with E-state index in [4.69, 9.17) is 4.74 Å². The van der Waals surface area contributed by atoms with Crippen LogP contribution in [-0.2, 0) is 9.53 Å². The van der Waals surface area contributed by atoms with Gasteiger partial charge in [-0.2, -0.15) is 4.99 Å². The third-order valence-corrected chi connectivity index (χ3v) is 4.68. The van der Waals surface area contributed by atoms with Gasteiger partial charge in [0.1, 0.15) is 5.82 Å². The molecule has 0 saturated carbocycles. The zero-order valence-electron chi connectivity index (χ0n) is 11.0. The largest absolute Gasteiger partial charge is 0.378 e. The van der Waals surface area contributed by atoms with Crippen molar-refractivity contribution >= 4 is 44.8 Å². The number of nitrogens with zero attached hydrogens (tertiary/aromatic N) is 2. The van der Waals surface area contributed by atoms with Crippen LogP contribution in [-0.4, -0.2) is 42.3 Å². The topological polar surface area (TPSA) is 41.9 Å². The van der Waals surface area contributed by atoms with Gasteiger partial charge < -0.3 is 9.64 Å². The van der Waals surface area contributed by atoms with Crippen molar-refractivity contribution in [2.45, 2.75) is 0 Å². The molecule has 0 bridgehead atoms. The Morgan fingerprint density at radius 3 is 2.86 bits per heavy atom. The van der Waals surface area contributed by atoms with Gasteiger partial charge in [-0.15, -0.1) is 0 Å². The van der Waals surface area contributed by atoms with Gasteiger partial charge in [0.25, 0.3) is 5.91 Å².